The number of hydrogen-bond donors (Lipinski definition) is 0. The first kappa shape index (κ1) is 12.6. The van der Waals surface area contributed by atoms with Crippen LogP contribution in [-0.4, -0.2) is 16.6 Å². The summed E-state index contributed by atoms with van der Waals surface area (Å²) in [7, 11) is 0. The van der Waals surface area contributed by atoms with E-state index in [1.54, 1.807) is 24.4 Å². The maximum absolute atomic E-state index is 11.9. The Kier molecular flexibility index (Phi) is 3.99. The molecule has 0 spiro atoms. The number of carbonyl (C=O) groups is 2. The molecule has 0 N–H and O–H groups in total. The lowest BCUT2D eigenvalue weighted by atomic mass is 10.1. The van der Waals surface area contributed by atoms with E-state index in [1.165, 1.54) is 17.5 Å². The zero-order valence-corrected chi connectivity index (χ0v) is 10.9. The van der Waals surface area contributed by atoms with Crippen molar-refractivity contribution in [2.75, 3.05) is 0 Å². The lowest BCUT2D eigenvalue weighted by Gasteiger charge is -1.98. The van der Waals surface area contributed by atoms with E-state index in [1.807, 2.05) is 13.0 Å². The van der Waals surface area contributed by atoms with Crippen molar-refractivity contribution in [1.29, 1.82) is 0 Å². The summed E-state index contributed by atoms with van der Waals surface area (Å²) in [5, 5.41) is 0. The van der Waals surface area contributed by atoms with Crippen LogP contribution in [0.5, 0.6) is 0 Å². The SMILES string of the molecule is CCc1ccc(C(=O)CC(=O)c2cccnc2)s1. The van der Waals surface area contributed by atoms with E-state index in [9.17, 15) is 9.59 Å². The van der Waals surface area contributed by atoms with Crippen molar-refractivity contribution in [1.82, 2.24) is 4.98 Å². The fourth-order valence-corrected chi connectivity index (χ4v) is 2.47. The maximum Gasteiger partial charge on any atom is 0.180 e. The third-order valence-electron chi connectivity index (χ3n) is 2.59. The minimum absolute atomic E-state index is 0.0879. The van der Waals surface area contributed by atoms with Crippen molar-refractivity contribution in [2.24, 2.45) is 0 Å². The molecule has 0 saturated carbocycles. The van der Waals surface area contributed by atoms with Gasteiger partial charge in [-0.1, -0.05) is 6.92 Å². The van der Waals surface area contributed by atoms with Crippen molar-refractivity contribution in [3.8, 4) is 0 Å². The fraction of sp³-hybridized carbons (Fsp3) is 0.214. The van der Waals surface area contributed by atoms with E-state index >= 15 is 0 Å². The number of pyridine rings is 1. The highest BCUT2D eigenvalue weighted by Crippen LogP contribution is 2.19. The molecule has 18 heavy (non-hydrogen) atoms. The van der Waals surface area contributed by atoms with Gasteiger partial charge in [-0.3, -0.25) is 14.6 Å². The topological polar surface area (TPSA) is 47.0 Å². The third-order valence-corrected chi connectivity index (χ3v) is 3.86. The zero-order valence-electron chi connectivity index (χ0n) is 10.1. The predicted molar refractivity (Wildman–Crippen MR) is 71.2 cm³/mol. The smallest absolute Gasteiger partial charge is 0.180 e. The monoisotopic (exact) mass is 259 g/mol. The molecule has 0 radical (unpaired) electrons. The molecule has 3 nitrogen and oxygen atoms in total. The molecule has 0 aromatic carbocycles. The van der Waals surface area contributed by atoms with Crippen LogP contribution in [0.15, 0.2) is 36.7 Å². The van der Waals surface area contributed by atoms with E-state index in [-0.39, 0.29) is 18.0 Å². The number of nitrogens with zero attached hydrogens (tertiary/aromatic N) is 1. The van der Waals surface area contributed by atoms with Crippen LogP contribution in [-0.2, 0) is 6.42 Å². The first-order chi connectivity index (χ1) is 8.70. The van der Waals surface area contributed by atoms with Crippen molar-refractivity contribution in [3.63, 3.8) is 0 Å². The van der Waals surface area contributed by atoms with Gasteiger partial charge in [0, 0.05) is 22.8 Å². The number of Topliss-reactive ketones (excluding diaryl/α,β-unsaturated/α-hetero) is 2. The van der Waals surface area contributed by atoms with Gasteiger partial charge < -0.3 is 0 Å². The molecule has 0 bridgehead atoms. The molecule has 2 aromatic rings. The predicted octanol–water partition coefficient (Wildman–Crippen LogP) is 3.16. The number of rotatable bonds is 5. The Morgan fingerprint density at radius 2 is 2.06 bits per heavy atom. The number of aromatic nitrogens is 1. The third kappa shape index (κ3) is 2.90. The Balaban J connectivity index is 2.06. The van der Waals surface area contributed by atoms with E-state index in [4.69, 9.17) is 0 Å². The summed E-state index contributed by atoms with van der Waals surface area (Å²) in [5.41, 5.74) is 0.484. The summed E-state index contributed by atoms with van der Waals surface area (Å²) in [6, 6.07) is 7.10. The van der Waals surface area contributed by atoms with Crippen LogP contribution in [0.3, 0.4) is 0 Å². The van der Waals surface area contributed by atoms with Gasteiger partial charge in [0.05, 0.1) is 11.3 Å². The van der Waals surface area contributed by atoms with Crippen LogP contribution in [0, 0.1) is 0 Å². The normalized spacial score (nSPS) is 10.3. The first-order valence-electron chi connectivity index (χ1n) is 5.76. The van der Waals surface area contributed by atoms with Gasteiger partial charge in [0.2, 0.25) is 0 Å². The second kappa shape index (κ2) is 5.69. The zero-order chi connectivity index (χ0) is 13.0. The number of ketones is 2. The fourth-order valence-electron chi connectivity index (χ4n) is 1.58. The van der Waals surface area contributed by atoms with Crippen molar-refractivity contribution >= 4 is 22.9 Å². The molecule has 0 aliphatic heterocycles. The summed E-state index contributed by atoms with van der Waals surface area (Å²) in [5.74, 6) is -0.298. The lowest BCUT2D eigenvalue weighted by Crippen LogP contribution is -2.07. The van der Waals surface area contributed by atoms with Gasteiger partial charge >= 0.3 is 0 Å². The molecule has 2 rings (SSSR count). The van der Waals surface area contributed by atoms with Gasteiger partial charge in [-0.05, 0) is 30.7 Å². The average Bonchev–Trinajstić information content (AvgIpc) is 2.88. The molecular weight excluding hydrogens is 246 g/mol. The van der Waals surface area contributed by atoms with E-state index in [0.29, 0.717) is 10.4 Å². The van der Waals surface area contributed by atoms with E-state index < -0.39 is 0 Å². The van der Waals surface area contributed by atoms with Gasteiger partial charge in [0.1, 0.15) is 0 Å². The summed E-state index contributed by atoms with van der Waals surface area (Å²) in [6.45, 7) is 2.04. The number of aryl methyl sites for hydroxylation is 1. The Morgan fingerprint density at radius 3 is 2.67 bits per heavy atom. The standard InChI is InChI=1S/C14H13NO2S/c1-2-11-5-6-14(18-11)13(17)8-12(16)10-4-3-7-15-9-10/h3-7,9H,2,8H2,1H3. The highest BCUT2D eigenvalue weighted by molar-refractivity contribution is 7.14. The average molecular weight is 259 g/mol. The van der Waals surface area contributed by atoms with Crippen LogP contribution in [0.1, 0.15) is 38.3 Å². The van der Waals surface area contributed by atoms with Gasteiger partial charge in [0.15, 0.2) is 11.6 Å². The second-order valence-corrected chi connectivity index (χ2v) is 5.05. The number of carbonyl (C=O) groups excluding carboxylic acids is 2. The Morgan fingerprint density at radius 1 is 1.22 bits per heavy atom. The van der Waals surface area contributed by atoms with Gasteiger partial charge in [0.25, 0.3) is 0 Å². The van der Waals surface area contributed by atoms with Gasteiger partial charge in [-0.25, -0.2) is 0 Å². The molecule has 0 unspecified atom stereocenters. The molecule has 0 saturated heterocycles. The molecule has 2 heterocycles. The van der Waals surface area contributed by atoms with Crippen LogP contribution >= 0.6 is 11.3 Å². The molecular formula is C14H13NO2S. The van der Waals surface area contributed by atoms with Crippen LogP contribution in [0.4, 0.5) is 0 Å². The summed E-state index contributed by atoms with van der Waals surface area (Å²) in [6.07, 6.45) is 3.91. The Hall–Kier alpha value is -1.81. The molecule has 0 fully saturated rings. The van der Waals surface area contributed by atoms with E-state index in [0.717, 1.165) is 11.3 Å². The van der Waals surface area contributed by atoms with Crippen LogP contribution < -0.4 is 0 Å². The van der Waals surface area contributed by atoms with Crippen LogP contribution in [0.2, 0.25) is 0 Å². The Labute approximate surface area is 109 Å². The molecule has 0 amide bonds. The molecule has 0 aliphatic rings. The van der Waals surface area contributed by atoms with Gasteiger partial charge in [-0.15, -0.1) is 11.3 Å². The first-order valence-corrected chi connectivity index (χ1v) is 6.57. The van der Waals surface area contributed by atoms with Crippen molar-refractivity contribution < 1.29 is 9.59 Å². The molecule has 0 atom stereocenters. The molecule has 92 valence electrons. The molecule has 0 aliphatic carbocycles. The summed E-state index contributed by atoms with van der Waals surface area (Å²) >= 11 is 1.46. The second-order valence-electron chi connectivity index (χ2n) is 3.88. The minimum Gasteiger partial charge on any atom is -0.294 e. The van der Waals surface area contributed by atoms with Gasteiger partial charge in [-0.2, -0.15) is 0 Å². The minimum atomic E-state index is -0.181. The van der Waals surface area contributed by atoms with E-state index in [2.05, 4.69) is 4.98 Å². The highest BCUT2D eigenvalue weighted by atomic mass is 32.1. The van der Waals surface area contributed by atoms with Crippen molar-refractivity contribution in [3.05, 3.63) is 52.0 Å². The Bertz CT molecular complexity index is 560. The quantitative estimate of drug-likeness (QED) is 0.612. The molecule has 4 heteroatoms. The lowest BCUT2D eigenvalue weighted by molar-refractivity contribution is 0.0896. The summed E-state index contributed by atoms with van der Waals surface area (Å²) < 4.78 is 0. The maximum atomic E-state index is 11.9. The number of hydrogen-bond acceptors (Lipinski definition) is 4. The molecule has 2 aromatic heterocycles. The highest BCUT2D eigenvalue weighted by Gasteiger charge is 2.15. The summed E-state index contributed by atoms with van der Waals surface area (Å²) in [4.78, 5) is 29.5. The number of thiophene rings is 1. The van der Waals surface area contributed by atoms with Crippen LogP contribution in [0.25, 0.3) is 0 Å². The van der Waals surface area contributed by atoms with Crippen molar-refractivity contribution in [2.45, 2.75) is 19.8 Å². The largest absolute Gasteiger partial charge is 0.294 e.